The number of hydrogen-bond acceptors (Lipinski definition) is 4. The maximum Gasteiger partial charge on any atom is 0.178 e. The molecule has 1 aliphatic heterocycles. The molecule has 1 saturated heterocycles. The number of hydrogen-bond donors (Lipinski definition) is 2. The average molecular weight is 373 g/mol. The molecule has 0 bridgehead atoms. The fraction of sp³-hybridized carbons (Fsp3) is 0.182. The van der Waals surface area contributed by atoms with Gasteiger partial charge in [-0.1, -0.05) is 30.8 Å². The van der Waals surface area contributed by atoms with Crippen LogP contribution in [0.3, 0.4) is 0 Å². The van der Waals surface area contributed by atoms with Gasteiger partial charge in [-0.15, -0.1) is 0 Å². The number of pyridine rings is 1. The van der Waals surface area contributed by atoms with E-state index in [1.807, 2.05) is 29.2 Å². The molecule has 0 amide bonds. The number of rotatable bonds is 4. The number of halogens is 1. The number of nitrogens with zero attached hydrogens (tertiary/aromatic N) is 3. The predicted octanol–water partition coefficient (Wildman–Crippen LogP) is 4.87. The van der Waals surface area contributed by atoms with Crippen molar-refractivity contribution >= 4 is 39.0 Å². The van der Waals surface area contributed by atoms with Crippen molar-refractivity contribution in [2.24, 2.45) is 0 Å². The Labute approximate surface area is 161 Å². The van der Waals surface area contributed by atoms with E-state index in [1.54, 1.807) is 6.20 Å². The summed E-state index contributed by atoms with van der Waals surface area (Å²) in [6, 6.07) is 16.1. The van der Waals surface area contributed by atoms with Crippen molar-refractivity contribution in [3.05, 3.63) is 66.9 Å². The first-order chi connectivity index (χ1) is 13.7. The van der Waals surface area contributed by atoms with Crippen molar-refractivity contribution in [2.75, 3.05) is 18.4 Å². The third-order valence-corrected chi connectivity index (χ3v) is 5.29. The molecule has 0 spiro atoms. The lowest BCUT2D eigenvalue weighted by Gasteiger charge is -2.22. The maximum absolute atomic E-state index is 13.6. The zero-order valence-corrected chi connectivity index (χ0v) is 15.3. The van der Waals surface area contributed by atoms with Crippen LogP contribution in [0.2, 0.25) is 0 Å². The van der Waals surface area contributed by atoms with Gasteiger partial charge in [0.05, 0.1) is 5.52 Å². The lowest BCUT2D eigenvalue weighted by atomic mass is 10.0. The Kier molecular flexibility index (Phi) is 3.97. The predicted molar refractivity (Wildman–Crippen MR) is 111 cm³/mol. The van der Waals surface area contributed by atoms with Crippen molar-refractivity contribution in [3.63, 3.8) is 0 Å². The van der Waals surface area contributed by atoms with Gasteiger partial charge in [0, 0.05) is 36.2 Å². The highest BCUT2D eigenvalue weighted by Crippen LogP contribution is 2.31. The lowest BCUT2D eigenvalue weighted by Crippen LogP contribution is -2.18. The molecule has 2 aromatic heterocycles. The molecular formula is C22H20FN5. The van der Waals surface area contributed by atoms with Gasteiger partial charge in [-0.25, -0.2) is 4.39 Å². The summed E-state index contributed by atoms with van der Waals surface area (Å²) in [5, 5.41) is 12.8. The molecule has 0 unspecified atom stereocenters. The molecule has 1 atom stereocenters. The number of H-pyrrole nitrogens is 1. The van der Waals surface area contributed by atoms with E-state index in [-0.39, 0.29) is 0 Å². The summed E-state index contributed by atoms with van der Waals surface area (Å²) in [6.45, 7) is 5.37. The van der Waals surface area contributed by atoms with E-state index in [0.29, 0.717) is 18.8 Å². The Hall–Kier alpha value is -3.41. The second-order valence-corrected chi connectivity index (χ2v) is 7.12. The summed E-state index contributed by atoms with van der Waals surface area (Å²) >= 11 is 0. The van der Waals surface area contributed by atoms with Crippen LogP contribution in [-0.4, -0.2) is 39.3 Å². The zero-order chi connectivity index (χ0) is 19.1. The van der Waals surface area contributed by atoms with Gasteiger partial charge >= 0.3 is 0 Å². The van der Waals surface area contributed by atoms with Gasteiger partial charge in [-0.05, 0) is 41.5 Å². The average Bonchev–Trinajstić information content (AvgIpc) is 3.33. The first kappa shape index (κ1) is 16.7. The number of aromatic amines is 1. The number of anilines is 2. The second kappa shape index (κ2) is 6.64. The second-order valence-electron chi connectivity index (χ2n) is 7.12. The van der Waals surface area contributed by atoms with Crippen LogP contribution in [0.4, 0.5) is 15.9 Å². The highest BCUT2D eigenvalue weighted by atomic mass is 19.1. The molecule has 0 radical (unpaired) electrons. The Bertz CT molecular complexity index is 1180. The highest BCUT2D eigenvalue weighted by Gasteiger charge is 2.23. The zero-order valence-electron chi connectivity index (χ0n) is 15.3. The smallest absolute Gasteiger partial charge is 0.178 e. The molecule has 1 aliphatic rings. The number of likely N-dealkylation sites (tertiary alicyclic amines) is 1. The van der Waals surface area contributed by atoms with E-state index in [1.165, 1.54) is 0 Å². The van der Waals surface area contributed by atoms with E-state index < -0.39 is 6.17 Å². The van der Waals surface area contributed by atoms with Gasteiger partial charge in [0.25, 0.3) is 0 Å². The summed E-state index contributed by atoms with van der Waals surface area (Å²) in [5.41, 5.74) is 4.55. The van der Waals surface area contributed by atoms with Gasteiger partial charge in [0.2, 0.25) is 0 Å². The molecule has 6 heteroatoms. The van der Waals surface area contributed by atoms with E-state index in [0.717, 1.165) is 45.3 Å². The Morgan fingerprint density at radius 3 is 3.00 bits per heavy atom. The summed E-state index contributed by atoms with van der Waals surface area (Å²) < 4.78 is 13.6. The van der Waals surface area contributed by atoms with E-state index in [9.17, 15) is 4.39 Å². The Balaban J connectivity index is 1.48. The number of alkyl halides is 1. The van der Waals surface area contributed by atoms with Crippen molar-refractivity contribution in [1.82, 2.24) is 20.1 Å². The standard InChI is InChI=1S/C22H20FN5/c1-14(28-11-9-16(23)13-28)18-5-2-4-15-12-17(7-8-19(15)18)25-22-21-20(26-27-22)6-3-10-24-21/h2-8,10,12,16H,1,9,11,13H2,(H2,25,26,27)/t16-/m0/s1. The lowest BCUT2D eigenvalue weighted by molar-refractivity contribution is 0.338. The molecule has 0 aliphatic carbocycles. The van der Waals surface area contributed by atoms with Crippen LogP contribution in [0.5, 0.6) is 0 Å². The van der Waals surface area contributed by atoms with Crippen LogP contribution in [0, 0.1) is 0 Å². The first-order valence-corrected chi connectivity index (χ1v) is 9.36. The van der Waals surface area contributed by atoms with E-state index >= 15 is 0 Å². The first-order valence-electron chi connectivity index (χ1n) is 9.36. The number of aromatic nitrogens is 3. The fourth-order valence-electron chi connectivity index (χ4n) is 3.82. The van der Waals surface area contributed by atoms with Crippen LogP contribution in [-0.2, 0) is 0 Å². The van der Waals surface area contributed by atoms with Crippen LogP contribution in [0.25, 0.3) is 27.5 Å². The minimum absolute atomic E-state index is 0.425. The van der Waals surface area contributed by atoms with Gasteiger partial charge in [0.1, 0.15) is 11.7 Å². The molecule has 5 rings (SSSR count). The van der Waals surface area contributed by atoms with Gasteiger partial charge < -0.3 is 10.2 Å². The molecule has 5 nitrogen and oxygen atoms in total. The Morgan fingerprint density at radius 1 is 1.21 bits per heavy atom. The summed E-state index contributed by atoms with van der Waals surface area (Å²) in [7, 11) is 0. The molecule has 0 saturated carbocycles. The summed E-state index contributed by atoms with van der Waals surface area (Å²) in [6.07, 6.45) is 1.56. The minimum Gasteiger partial charge on any atom is -0.368 e. The topological polar surface area (TPSA) is 56.8 Å². The monoisotopic (exact) mass is 373 g/mol. The van der Waals surface area contributed by atoms with Crippen LogP contribution in [0.1, 0.15) is 12.0 Å². The van der Waals surface area contributed by atoms with Crippen LogP contribution >= 0.6 is 0 Å². The van der Waals surface area contributed by atoms with Crippen molar-refractivity contribution in [2.45, 2.75) is 12.6 Å². The SMILES string of the molecule is C=C(c1cccc2cc(Nc3n[nH]c4cccnc34)ccc12)N1CC[C@H](F)C1. The molecule has 140 valence electrons. The normalized spacial score (nSPS) is 16.8. The van der Waals surface area contributed by atoms with Crippen molar-refractivity contribution in [3.8, 4) is 0 Å². The van der Waals surface area contributed by atoms with Crippen molar-refractivity contribution in [1.29, 1.82) is 0 Å². The number of benzene rings is 2. The van der Waals surface area contributed by atoms with E-state index in [4.69, 9.17) is 0 Å². The van der Waals surface area contributed by atoms with Gasteiger partial charge in [0.15, 0.2) is 5.82 Å². The maximum atomic E-state index is 13.6. The van der Waals surface area contributed by atoms with Gasteiger partial charge in [-0.2, -0.15) is 5.10 Å². The molecule has 1 fully saturated rings. The quantitative estimate of drug-likeness (QED) is 0.536. The largest absolute Gasteiger partial charge is 0.368 e. The summed E-state index contributed by atoms with van der Waals surface area (Å²) in [5.74, 6) is 0.696. The molecule has 28 heavy (non-hydrogen) atoms. The molecule has 2 N–H and O–H groups in total. The van der Waals surface area contributed by atoms with Gasteiger partial charge in [-0.3, -0.25) is 10.1 Å². The number of nitrogens with one attached hydrogen (secondary N) is 2. The third kappa shape index (κ3) is 2.87. The van der Waals surface area contributed by atoms with Crippen LogP contribution in [0.15, 0.2) is 61.3 Å². The van der Waals surface area contributed by atoms with Crippen molar-refractivity contribution < 1.29 is 4.39 Å². The Morgan fingerprint density at radius 2 is 2.14 bits per heavy atom. The molecule has 4 aromatic rings. The molecule has 2 aromatic carbocycles. The van der Waals surface area contributed by atoms with Crippen LogP contribution < -0.4 is 5.32 Å². The highest BCUT2D eigenvalue weighted by molar-refractivity contribution is 5.96. The fourth-order valence-corrected chi connectivity index (χ4v) is 3.82. The molecule has 3 heterocycles. The third-order valence-electron chi connectivity index (χ3n) is 5.29. The summed E-state index contributed by atoms with van der Waals surface area (Å²) in [4.78, 5) is 6.42. The van der Waals surface area contributed by atoms with E-state index in [2.05, 4.69) is 51.3 Å². The molecular weight excluding hydrogens is 353 g/mol. The minimum atomic E-state index is -0.764. The number of fused-ring (bicyclic) bond motifs is 2.